The number of hydrogen-bond acceptors (Lipinski definition) is 2. The van der Waals surface area contributed by atoms with Crippen molar-refractivity contribution in [3.8, 4) is 0 Å². The van der Waals surface area contributed by atoms with E-state index >= 15 is 0 Å². The molecule has 0 aromatic heterocycles. The van der Waals surface area contributed by atoms with Crippen LogP contribution in [-0.2, 0) is 0 Å². The summed E-state index contributed by atoms with van der Waals surface area (Å²) in [7, 11) is 0. The number of hydrogen-bond donors (Lipinski definition) is 2. The maximum absolute atomic E-state index is 8.44. The van der Waals surface area contributed by atoms with Gasteiger partial charge < -0.3 is 46.0 Å². The number of carbonyl (C=O) groups is 1. The first kappa shape index (κ1) is 42.1. The predicted molar refractivity (Wildman–Crippen MR) is 14.0 cm³/mol. The Morgan fingerprint density at radius 3 is 1.33 bits per heavy atom. The van der Waals surface area contributed by atoms with Gasteiger partial charge in [0.1, 0.15) is 0 Å². The summed E-state index contributed by atoms with van der Waals surface area (Å²) in [5.41, 5.74) is 0. The molecule has 0 unspecified atom stereocenters. The average molecular weight is 212 g/mol. The second-order valence-corrected chi connectivity index (χ2v) is 0.266. The zero-order valence-corrected chi connectivity index (χ0v) is 12.2. The standard InChI is InChI=1S/CH2O3.2ClH.K.H3N.Na/c2-1(3)4;;;;;/h(H2,2,3,4);2*1H;;1H3;/q;;;+1;;+1/p-2. The summed E-state index contributed by atoms with van der Waals surface area (Å²) in [6.45, 7) is 0. The molecule has 8 heteroatoms. The second kappa shape index (κ2) is 31.4. The summed E-state index contributed by atoms with van der Waals surface area (Å²) in [6.07, 6.45) is -2.08. The third-order valence-corrected chi connectivity index (χ3v) is 0. The summed E-state index contributed by atoms with van der Waals surface area (Å²) in [5, 5.41) is 15.3. The van der Waals surface area contributed by atoms with E-state index in [1.54, 1.807) is 0 Å². The largest absolute Gasteiger partial charge is 1.00 e. The summed E-state index contributed by atoms with van der Waals surface area (Å²) in [5.74, 6) is 0. The van der Waals surface area contributed by atoms with Gasteiger partial charge in [0.15, 0.2) is 0 Å². The Morgan fingerprint density at radius 2 is 1.33 bits per heavy atom. The Bertz CT molecular complexity index is 44.8. The number of carboxylic acid groups (broad SMARTS) is 2. The van der Waals surface area contributed by atoms with Crippen LogP contribution in [0.4, 0.5) is 4.79 Å². The molecule has 0 saturated carbocycles. The van der Waals surface area contributed by atoms with Gasteiger partial charge in [0.05, 0.1) is 0 Å². The molecule has 0 aliphatic rings. The molecule has 4 nitrogen and oxygen atoms in total. The molecular weight excluding hydrogens is 207 g/mol. The van der Waals surface area contributed by atoms with Crippen LogP contribution in [0.15, 0.2) is 0 Å². The minimum atomic E-state index is -2.08. The molecule has 0 aromatic carbocycles. The summed E-state index contributed by atoms with van der Waals surface area (Å²) >= 11 is 0. The van der Waals surface area contributed by atoms with Crippen molar-refractivity contribution in [1.82, 2.24) is 6.15 Å². The SMILES string of the molecule is O=C([O-])O.[Cl-].[Cl-].[K+].[NH4+].[Na+]. The Labute approximate surface area is 130 Å². The Kier molecular flexibility index (Phi) is 147. The monoisotopic (exact) mass is 211 g/mol. The molecule has 0 amide bonds. The molecule has 0 fully saturated rings. The molecule has 0 bridgehead atoms. The minimum Gasteiger partial charge on any atom is -1.00 e. The third-order valence-electron chi connectivity index (χ3n) is 0. The van der Waals surface area contributed by atoms with E-state index in [4.69, 9.17) is 15.0 Å². The van der Waals surface area contributed by atoms with Crippen LogP contribution in [-0.4, -0.2) is 11.3 Å². The molecule has 9 heavy (non-hydrogen) atoms. The van der Waals surface area contributed by atoms with Crippen LogP contribution in [0, 0.1) is 0 Å². The fourth-order valence-corrected chi connectivity index (χ4v) is 0. The van der Waals surface area contributed by atoms with Crippen LogP contribution in [0.3, 0.4) is 0 Å². The first-order valence-electron chi connectivity index (χ1n) is 0.632. The van der Waals surface area contributed by atoms with E-state index in [2.05, 4.69) is 0 Å². The number of rotatable bonds is 0. The van der Waals surface area contributed by atoms with Crippen LogP contribution in [0.5, 0.6) is 0 Å². The van der Waals surface area contributed by atoms with Gasteiger partial charge in [0.2, 0.25) is 6.16 Å². The first-order valence-corrected chi connectivity index (χ1v) is 0.632. The van der Waals surface area contributed by atoms with Crippen molar-refractivity contribution in [1.29, 1.82) is 0 Å². The third kappa shape index (κ3) is 125. The van der Waals surface area contributed by atoms with E-state index in [1.807, 2.05) is 0 Å². The molecule has 5 N–H and O–H groups in total. The quantitative estimate of drug-likeness (QED) is 0.390. The second-order valence-electron chi connectivity index (χ2n) is 0.266. The number of halogens is 2. The topological polar surface area (TPSA) is 96.9 Å². The molecule has 0 atom stereocenters. The van der Waals surface area contributed by atoms with Gasteiger partial charge in [-0.3, -0.25) is 0 Å². The minimum absolute atomic E-state index is 0. The van der Waals surface area contributed by atoms with Crippen LogP contribution in [0.25, 0.3) is 0 Å². The zero-order valence-electron chi connectivity index (χ0n) is 5.52. The van der Waals surface area contributed by atoms with E-state index < -0.39 is 6.16 Å². The van der Waals surface area contributed by atoms with Gasteiger partial charge in [-0.05, 0) is 0 Å². The molecule has 0 radical (unpaired) electrons. The van der Waals surface area contributed by atoms with Crippen molar-refractivity contribution >= 4 is 6.16 Å². The Morgan fingerprint density at radius 1 is 1.33 bits per heavy atom. The van der Waals surface area contributed by atoms with E-state index in [1.165, 1.54) is 0 Å². The van der Waals surface area contributed by atoms with E-state index in [-0.39, 0.29) is 112 Å². The smallest absolute Gasteiger partial charge is 1.00 e. The molecular formula is CH5Cl2KNNaO3. The van der Waals surface area contributed by atoms with Gasteiger partial charge in [-0.25, -0.2) is 0 Å². The van der Waals surface area contributed by atoms with Crippen molar-refractivity contribution in [3.05, 3.63) is 0 Å². The van der Waals surface area contributed by atoms with Gasteiger partial charge in [-0.15, -0.1) is 0 Å². The van der Waals surface area contributed by atoms with Gasteiger partial charge in [-0.1, -0.05) is 0 Å². The zero-order chi connectivity index (χ0) is 3.58. The fourth-order valence-electron chi connectivity index (χ4n) is 0. The van der Waals surface area contributed by atoms with E-state index in [0.29, 0.717) is 0 Å². The van der Waals surface area contributed by atoms with Crippen molar-refractivity contribution in [2.45, 2.75) is 0 Å². The van der Waals surface area contributed by atoms with Crippen molar-refractivity contribution < 1.29 is 121 Å². The normalized spacial score (nSPS) is 2.67. The molecule has 0 rings (SSSR count). The maximum atomic E-state index is 8.44. The molecule has 0 aliphatic carbocycles. The number of quaternary nitrogens is 1. The van der Waals surface area contributed by atoms with Crippen molar-refractivity contribution in [2.24, 2.45) is 0 Å². The molecule has 48 valence electrons. The molecule has 0 aromatic rings. The van der Waals surface area contributed by atoms with E-state index in [0.717, 1.165) is 0 Å². The van der Waals surface area contributed by atoms with Crippen molar-refractivity contribution in [2.75, 3.05) is 0 Å². The van der Waals surface area contributed by atoms with Crippen LogP contribution in [0.1, 0.15) is 0 Å². The van der Waals surface area contributed by atoms with Crippen LogP contribution in [0.2, 0.25) is 0 Å². The van der Waals surface area contributed by atoms with Crippen LogP contribution >= 0.6 is 0 Å². The fraction of sp³-hybridized carbons (Fsp3) is 0. The molecule has 0 aliphatic heterocycles. The van der Waals surface area contributed by atoms with Gasteiger partial charge in [0, 0.05) is 0 Å². The first-order chi connectivity index (χ1) is 1.73. The maximum Gasteiger partial charge on any atom is 1.00 e. The van der Waals surface area contributed by atoms with Gasteiger partial charge in [-0.2, -0.15) is 0 Å². The molecule has 0 spiro atoms. The van der Waals surface area contributed by atoms with Gasteiger partial charge in [0.25, 0.3) is 0 Å². The molecule has 0 heterocycles. The van der Waals surface area contributed by atoms with Crippen LogP contribution < -0.4 is 117 Å². The van der Waals surface area contributed by atoms with E-state index in [9.17, 15) is 0 Å². The summed E-state index contributed by atoms with van der Waals surface area (Å²) in [4.78, 5) is 8.44. The Balaban J connectivity index is -0.00000000450. The summed E-state index contributed by atoms with van der Waals surface area (Å²) in [6, 6.07) is 0. The predicted octanol–water partition coefficient (Wildman–Crippen LogP) is -12.7. The average Bonchev–Trinajstić information content (AvgIpc) is 0.811. The van der Waals surface area contributed by atoms with Crippen molar-refractivity contribution in [3.63, 3.8) is 0 Å². The molecule has 0 saturated heterocycles. The Hall–Kier alpha value is 2.45. The summed E-state index contributed by atoms with van der Waals surface area (Å²) < 4.78 is 0. The van der Waals surface area contributed by atoms with Gasteiger partial charge >= 0.3 is 80.9 Å².